The summed E-state index contributed by atoms with van der Waals surface area (Å²) in [5.74, 6) is 1.02. The largest absolute Gasteiger partial charge is 0.487 e. The normalized spacial score (nSPS) is 26.8. The molecule has 1 saturated heterocycles. The zero-order chi connectivity index (χ0) is 16.0. The van der Waals surface area contributed by atoms with E-state index in [2.05, 4.69) is 11.8 Å². The SMILES string of the molecule is CCN1CCC(C2(C)Cc3cc(C(F)(F)F)ccc3O2)CC1. The van der Waals surface area contributed by atoms with E-state index in [1.54, 1.807) is 0 Å². The molecule has 1 unspecified atom stereocenters. The van der Waals surface area contributed by atoms with Crippen molar-refractivity contribution in [3.05, 3.63) is 29.3 Å². The van der Waals surface area contributed by atoms with Crippen molar-refractivity contribution < 1.29 is 17.9 Å². The van der Waals surface area contributed by atoms with Gasteiger partial charge in [-0.05, 0) is 63.2 Å². The average molecular weight is 313 g/mol. The van der Waals surface area contributed by atoms with E-state index in [1.165, 1.54) is 12.1 Å². The third-order valence-electron chi connectivity index (χ3n) is 5.17. The fraction of sp³-hybridized carbons (Fsp3) is 0.647. The molecule has 1 atom stereocenters. The Morgan fingerprint density at radius 2 is 1.95 bits per heavy atom. The van der Waals surface area contributed by atoms with E-state index in [0.29, 0.717) is 23.7 Å². The molecule has 1 aromatic rings. The Labute approximate surface area is 129 Å². The maximum atomic E-state index is 12.8. The van der Waals surface area contributed by atoms with Crippen LogP contribution in [0.1, 0.15) is 37.8 Å². The highest BCUT2D eigenvalue weighted by molar-refractivity contribution is 5.43. The van der Waals surface area contributed by atoms with E-state index < -0.39 is 11.7 Å². The van der Waals surface area contributed by atoms with Gasteiger partial charge in [0, 0.05) is 12.3 Å². The summed E-state index contributed by atoms with van der Waals surface area (Å²) in [5, 5.41) is 0. The van der Waals surface area contributed by atoms with Crippen molar-refractivity contribution in [1.29, 1.82) is 0 Å². The summed E-state index contributed by atoms with van der Waals surface area (Å²) in [6, 6.07) is 3.84. The number of alkyl halides is 3. The van der Waals surface area contributed by atoms with E-state index in [4.69, 9.17) is 4.74 Å². The summed E-state index contributed by atoms with van der Waals surface area (Å²) in [5.41, 5.74) is -0.262. The molecule has 5 heteroatoms. The molecule has 2 aliphatic heterocycles. The molecule has 0 aliphatic carbocycles. The minimum Gasteiger partial charge on any atom is -0.487 e. The third kappa shape index (κ3) is 2.83. The summed E-state index contributed by atoms with van der Waals surface area (Å²) >= 11 is 0. The lowest BCUT2D eigenvalue weighted by Gasteiger charge is -2.39. The van der Waals surface area contributed by atoms with Gasteiger partial charge in [0.05, 0.1) is 5.56 Å². The molecule has 0 spiro atoms. The van der Waals surface area contributed by atoms with Gasteiger partial charge in [0.2, 0.25) is 0 Å². The fourth-order valence-corrected chi connectivity index (χ4v) is 3.75. The third-order valence-corrected chi connectivity index (χ3v) is 5.17. The van der Waals surface area contributed by atoms with Gasteiger partial charge in [0.25, 0.3) is 0 Å². The van der Waals surface area contributed by atoms with Gasteiger partial charge in [0.1, 0.15) is 11.4 Å². The van der Waals surface area contributed by atoms with Crippen molar-refractivity contribution in [2.75, 3.05) is 19.6 Å². The number of ether oxygens (including phenoxy) is 1. The molecule has 0 bridgehead atoms. The van der Waals surface area contributed by atoms with Gasteiger partial charge < -0.3 is 9.64 Å². The summed E-state index contributed by atoms with van der Waals surface area (Å²) in [7, 11) is 0. The molecule has 0 radical (unpaired) electrons. The van der Waals surface area contributed by atoms with Crippen molar-refractivity contribution >= 4 is 0 Å². The van der Waals surface area contributed by atoms with Crippen LogP contribution < -0.4 is 4.74 Å². The van der Waals surface area contributed by atoms with Crippen molar-refractivity contribution in [3.8, 4) is 5.75 Å². The van der Waals surface area contributed by atoms with Crippen LogP contribution in [0.25, 0.3) is 0 Å². The molecule has 0 amide bonds. The number of piperidine rings is 1. The van der Waals surface area contributed by atoms with Crippen LogP contribution in [-0.4, -0.2) is 30.1 Å². The number of fused-ring (bicyclic) bond motifs is 1. The van der Waals surface area contributed by atoms with Crippen LogP contribution >= 0.6 is 0 Å². The molecule has 0 N–H and O–H groups in total. The Balaban J connectivity index is 1.76. The Kier molecular flexibility index (Phi) is 3.87. The van der Waals surface area contributed by atoms with Crippen LogP contribution in [0.4, 0.5) is 13.2 Å². The van der Waals surface area contributed by atoms with Crippen molar-refractivity contribution in [3.63, 3.8) is 0 Å². The first-order chi connectivity index (χ1) is 10.3. The van der Waals surface area contributed by atoms with Gasteiger partial charge in [-0.1, -0.05) is 6.92 Å². The zero-order valence-corrected chi connectivity index (χ0v) is 13.0. The molecule has 0 aromatic heterocycles. The van der Waals surface area contributed by atoms with Gasteiger partial charge in [-0.25, -0.2) is 0 Å². The molecule has 2 heterocycles. The molecule has 2 nitrogen and oxygen atoms in total. The van der Waals surface area contributed by atoms with Crippen molar-refractivity contribution in [2.45, 2.75) is 44.9 Å². The van der Waals surface area contributed by atoms with Crippen LogP contribution in [0.3, 0.4) is 0 Å². The Morgan fingerprint density at radius 1 is 1.27 bits per heavy atom. The molecular weight excluding hydrogens is 291 g/mol. The number of likely N-dealkylation sites (tertiary alicyclic amines) is 1. The van der Waals surface area contributed by atoms with Crippen LogP contribution in [0, 0.1) is 5.92 Å². The molecule has 1 fully saturated rings. The number of hydrogen-bond acceptors (Lipinski definition) is 2. The van der Waals surface area contributed by atoms with Crippen LogP contribution in [0.5, 0.6) is 5.75 Å². The first-order valence-corrected chi connectivity index (χ1v) is 7.93. The Hall–Kier alpha value is -1.23. The topological polar surface area (TPSA) is 12.5 Å². The smallest absolute Gasteiger partial charge is 0.416 e. The zero-order valence-electron chi connectivity index (χ0n) is 13.0. The second kappa shape index (κ2) is 5.44. The molecule has 3 rings (SSSR count). The molecular formula is C17H22F3NO. The molecule has 22 heavy (non-hydrogen) atoms. The summed E-state index contributed by atoms with van der Waals surface area (Å²) < 4.78 is 44.6. The van der Waals surface area contributed by atoms with Crippen molar-refractivity contribution in [2.24, 2.45) is 5.92 Å². The standard InChI is InChI=1S/C17H22F3NO/c1-3-21-8-6-13(7-9-21)16(2)11-12-10-14(17(18,19)20)4-5-15(12)22-16/h4-5,10,13H,3,6-9,11H2,1-2H3. The predicted molar refractivity (Wildman–Crippen MR) is 79.0 cm³/mol. The molecule has 1 aromatic carbocycles. The number of rotatable bonds is 2. The van der Waals surface area contributed by atoms with Gasteiger partial charge in [-0.15, -0.1) is 0 Å². The maximum Gasteiger partial charge on any atom is 0.416 e. The lowest BCUT2D eigenvalue weighted by atomic mass is 9.79. The van der Waals surface area contributed by atoms with Crippen molar-refractivity contribution in [1.82, 2.24) is 4.90 Å². The van der Waals surface area contributed by atoms with Gasteiger partial charge in [0.15, 0.2) is 0 Å². The summed E-state index contributed by atoms with van der Waals surface area (Å²) in [6.07, 6.45) is -1.63. The lowest BCUT2D eigenvalue weighted by molar-refractivity contribution is -0.137. The quantitative estimate of drug-likeness (QED) is 0.814. The van der Waals surface area contributed by atoms with Crippen LogP contribution in [-0.2, 0) is 12.6 Å². The van der Waals surface area contributed by atoms with Gasteiger partial charge in [-0.3, -0.25) is 0 Å². The molecule has 0 saturated carbocycles. The number of nitrogens with zero attached hydrogens (tertiary/aromatic N) is 1. The van der Waals surface area contributed by atoms with Gasteiger partial charge >= 0.3 is 6.18 Å². The Bertz CT molecular complexity index is 549. The summed E-state index contributed by atoms with van der Waals surface area (Å²) in [4.78, 5) is 2.41. The monoisotopic (exact) mass is 313 g/mol. The second-order valence-corrected chi connectivity index (χ2v) is 6.62. The summed E-state index contributed by atoms with van der Waals surface area (Å²) in [6.45, 7) is 7.35. The van der Waals surface area contributed by atoms with E-state index in [0.717, 1.165) is 38.5 Å². The van der Waals surface area contributed by atoms with Crippen LogP contribution in [0.2, 0.25) is 0 Å². The first-order valence-electron chi connectivity index (χ1n) is 7.93. The van der Waals surface area contributed by atoms with E-state index >= 15 is 0 Å². The number of halogens is 3. The molecule has 122 valence electrons. The number of hydrogen-bond donors (Lipinski definition) is 0. The van der Waals surface area contributed by atoms with Gasteiger partial charge in [-0.2, -0.15) is 13.2 Å². The minimum absolute atomic E-state index is 0.369. The first kappa shape index (κ1) is 15.7. The highest BCUT2D eigenvalue weighted by Crippen LogP contribution is 2.44. The fourth-order valence-electron chi connectivity index (χ4n) is 3.75. The minimum atomic E-state index is -4.29. The van der Waals surface area contributed by atoms with E-state index in [-0.39, 0.29) is 5.60 Å². The second-order valence-electron chi connectivity index (χ2n) is 6.62. The van der Waals surface area contributed by atoms with Crippen LogP contribution in [0.15, 0.2) is 18.2 Å². The average Bonchev–Trinajstić information content (AvgIpc) is 2.83. The highest BCUT2D eigenvalue weighted by Gasteiger charge is 2.44. The Morgan fingerprint density at radius 3 is 2.55 bits per heavy atom. The van der Waals surface area contributed by atoms with E-state index in [9.17, 15) is 13.2 Å². The lowest BCUT2D eigenvalue weighted by Crippen LogP contribution is -2.46. The highest BCUT2D eigenvalue weighted by atomic mass is 19.4. The maximum absolute atomic E-state index is 12.8. The predicted octanol–water partition coefficient (Wildman–Crippen LogP) is 4.13. The molecule has 2 aliphatic rings. The number of benzene rings is 1. The van der Waals surface area contributed by atoms with E-state index in [1.807, 2.05) is 6.92 Å².